The summed E-state index contributed by atoms with van der Waals surface area (Å²) in [6.07, 6.45) is 0. The summed E-state index contributed by atoms with van der Waals surface area (Å²) in [4.78, 5) is 32.6. The van der Waals surface area contributed by atoms with Gasteiger partial charge in [0.1, 0.15) is 0 Å². The molecule has 0 fully saturated rings. The van der Waals surface area contributed by atoms with Crippen LogP contribution in [0.15, 0.2) is 449 Å². The summed E-state index contributed by atoms with van der Waals surface area (Å²) in [6.45, 7) is 0. The molecule has 0 saturated heterocycles. The molecule has 0 N–H and O–H groups in total. The number of hydrogen-bond acceptors (Lipinski definition) is 6. The second-order valence-electron chi connectivity index (χ2n) is 34.1. The topological polar surface area (TPSA) is 107 Å². The quantitative estimate of drug-likeness (QED) is 0.107. The third kappa shape index (κ3) is 11.9. The Morgan fingerprint density at radius 2 is 0.280 bits per heavy atom. The average Bonchev–Trinajstić information content (AvgIpc) is 1.56. The molecule has 8 aromatic heterocycles. The lowest BCUT2D eigenvalue weighted by molar-refractivity contribution is 1.07. The van der Waals surface area contributed by atoms with Gasteiger partial charge in [-0.3, -0.25) is 0 Å². The number of nitrogens with zero attached hydrogens (tertiary/aromatic N) is 12. The van der Waals surface area contributed by atoms with E-state index in [1.165, 1.54) is 43.1 Å². The highest BCUT2D eigenvalue weighted by atomic mass is 15.1. The Hall–Kier alpha value is -18.0. The highest BCUT2D eigenvalue weighted by molar-refractivity contribution is 6.17. The molecule has 12 nitrogen and oxygen atoms in total. The van der Waals surface area contributed by atoms with Crippen LogP contribution in [0.3, 0.4) is 0 Å². The lowest BCUT2D eigenvalue weighted by atomic mass is 9.95. The molecule has 27 aromatic rings. The Morgan fingerprint density at radius 3 is 0.515 bits per heavy atom. The lowest BCUT2D eigenvalue weighted by Gasteiger charge is -2.16. The van der Waals surface area contributed by atoms with Crippen molar-refractivity contribution in [1.82, 2.24) is 57.3 Å². The molecule has 132 heavy (non-hydrogen) atoms. The number of benzene rings is 19. The van der Waals surface area contributed by atoms with E-state index in [2.05, 4.69) is 404 Å². The van der Waals surface area contributed by atoms with Crippen LogP contribution in [0.4, 0.5) is 0 Å². The largest absolute Gasteiger partial charge is 0.309 e. The van der Waals surface area contributed by atoms with Crippen molar-refractivity contribution in [2.45, 2.75) is 0 Å². The van der Waals surface area contributed by atoms with E-state index in [-0.39, 0.29) is 0 Å². The molecule has 0 aliphatic carbocycles. The molecule has 0 bridgehead atoms. The van der Waals surface area contributed by atoms with Crippen molar-refractivity contribution in [1.29, 1.82) is 0 Å². The van der Waals surface area contributed by atoms with Gasteiger partial charge in [0.05, 0.1) is 66.2 Å². The van der Waals surface area contributed by atoms with Gasteiger partial charge >= 0.3 is 0 Å². The Balaban J connectivity index is 0.706. The van der Waals surface area contributed by atoms with Crippen molar-refractivity contribution < 1.29 is 0 Å². The van der Waals surface area contributed by atoms with Crippen molar-refractivity contribution >= 4 is 131 Å². The van der Waals surface area contributed by atoms with Crippen molar-refractivity contribution in [2.75, 3.05) is 0 Å². The number of fused-ring (bicyclic) bond motifs is 18. The van der Waals surface area contributed by atoms with Gasteiger partial charge in [-0.15, -0.1) is 0 Å². The van der Waals surface area contributed by atoms with Crippen LogP contribution in [-0.4, -0.2) is 57.3 Å². The molecule has 27 rings (SSSR count). The van der Waals surface area contributed by atoms with Crippen LogP contribution in [-0.2, 0) is 0 Å². The van der Waals surface area contributed by atoms with Crippen LogP contribution in [0.1, 0.15) is 0 Å². The van der Waals surface area contributed by atoms with Crippen LogP contribution in [0.5, 0.6) is 0 Å². The third-order valence-electron chi connectivity index (χ3n) is 26.6. The van der Waals surface area contributed by atoms with Crippen LogP contribution in [0.2, 0.25) is 0 Å². The van der Waals surface area contributed by atoms with E-state index in [0.29, 0.717) is 34.9 Å². The molecule has 0 aliphatic heterocycles. The predicted octanol–water partition coefficient (Wildman–Crippen LogP) is 30.0. The standard InChI is InChI=1S/C120H74N12/c1-5-30-75(31-6-1)115-121-116(76-32-7-2-8-33-76)124-119(123-115)83-65-81(67-89(69-83)131-111-60-56-85(127-103-48-21-13-40-91(103)92-41-14-22-49-104(92)127)71-99(111)100-72-86(57-61-112(100)131)128-105-50-23-15-42-93(105)94-43-16-24-51-106(94)128)79-38-29-39-80(64-79)82-66-84(120-125-117(77-34-9-3-10-35-77)122-118(126-120)78-36-11-4-12-37-78)70-90(68-82)132-113-62-58-87(129-107-52-25-17-44-95(107)96-45-18-26-53-108(96)129)73-101(113)102-74-88(59-63-114(102)132)130-109-54-27-19-46-97(109)98-47-20-28-55-110(98)130/h1-74H. The van der Waals surface area contributed by atoms with Crippen molar-refractivity contribution in [3.8, 4) is 125 Å². The fourth-order valence-corrected chi connectivity index (χ4v) is 20.7. The minimum atomic E-state index is 0.528. The summed E-state index contributed by atoms with van der Waals surface area (Å²) in [7, 11) is 0. The van der Waals surface area contributed by atoms with Gasteiger partial charge in [-0.2, -0.15) is 0 Å². The number of rotatable bonds is 14. The van der Waals surface area contributed by atoms with Gasteiger partial charge < -0.3 is 27.4 Å². The summed E-state index contributed by atoms with van der Waals surface area (Å²) in [5.74, 6) is 3.32. The first kappa shape index (κ1) is 74.3. The maximum Gasteiger partial charge on any atom is 0.164 e. The first-order valence-corrected chi connectivity index (χ1v) is 44.7. The molecular formula is C120H74N12. The molecule has 0 radical (unpaired) electrons. The Bertz CT molecular complexity index is 8210. The maximum atomic E-state index is 5.52. The SMILES string of the molecule is c1ccc(-c2nc(-c3ccccc3)nc(-c3cc(-c4cccc(-c5cc(-c6nc(-c7ccccc7)nc(-c7ccccc7)n6)cc(-n6c7ccc(-n8c9ccccc9c9ccccc98)cc7c7cc(-n8c9ccccc9c9ccccc98)ccc76)c5)c4)cc(-n4c5ccc(-n6c7ccccc7c7ccccc76)cc5c5cc(-n6c7ccccc7c7ccccc76)ccc54)c3)n2)cc1. The van der Waals surface area contributed by atoms with E-state index >= 15 is 0 Å². The van der Waals surface area contributed by atoms with Crippen molar-refractivity contribution in [2.24, 2.45) is 0 Å². The normalized spacial score (nSPS) is 11.9. The van der Waals surface area contributed by atoms with E-state index in [4.69, 9.17) is 29.9 Å². The van der Waals surface area contributed by atoms with Crippen LogP contribution < -0.4 is 0 Å². The molecule has 0 unspecified atom stereocenters. The zero-order chi connectivity index (χ0) is 86.6. The summed E-state index contributed by atoms with van der Waals surface area (Å²) in [6, 6.07) is 162. The van der Waals surface area contributed by atoms with E-state index < -0.39 is 0 Å². The van der Waals surface area contributed by atoms with Gasteiger partial charge in [0.2, 0.25) is 0 Å². The fourth-order valence-electron chi connectivity index (χ4n) is 20.7. The molecule has 0 spiro atoms. The first-order chi connectivity index (χ1) is 65.4. The predicted molar refractivity (Wildman–Crippen MR) is 543 cm³/mol. The summed E-state index contributed by atoms with van der Waals surface area (Å²) >= 11 is 0. The van der Waals surface area contributed by atoms with Gasteiger partial charge in [0, 0.05) is 132 Å². The molecule has 0 saturated carbocycles. The maximum absolute atomic E-state index is 5.52. The molecule has 19 aromatic carbocycles. The first-order valence-electron chi connectivity index (χ1n) is 44.7. The highest BCUT2D eigenvalue weighted by Crippen LogP contribution is 2.46. The molecule has 614 valence electrons. The number of aromatic nitrogens is 12. The summed E-state index contributed by atoms with van der Waals surface area (Å²) in [5, 5.41) is 14.0. The monoisotopic (exact) mass is 1680 g/mol. The minimum Gasteiger partial charge on any atom is -0.309 e. The zero-order valence-electron chi connectivity index (χ0n) is 71.1. The molecule has 0 atom stereocenters. The van der Waals surface area contributed by atoms with Gasteiger partial charge in [0.15, 0.2) is 34.9 Å². The molecule has 0 aliphatic rings. The Morgan fingerprint density at radius 1 is 0.106 bits per heavy atom. The summed E-state index contributed by atoms with van der Waals surface area (Å²) in [5.41, 5.74) is 28.2. The zero-order valence-corrected chi connectivity index (χ0v) is 71.1. The Kier molecular flexibility index (Phi) is 16.8. The molecular weight excluding hydrogens is 1610 g/mol. The smallest absolute Gasteiger partial charge is 0.164 e. The lowest BCUT2D eigenvalue weighted by Crippen LogP contribution is -2.02. The number of hydrogen-bond donors (Lipinski definition) is 0. The molecule has 8 heterocycles. The van der Waals surface area contributed by atoms with Crippen LogP contribution >= 0.6 is 0 Å². The second-order valence-corrected chi connectivity index (χ2v) is 34.1. The van der Waals surface area contributed by atoms with Crippen molar-refractivity contribution in [3.63, 3.8) is 0 Å². The number of para-hydroxylation sites is 8. The van der Waals surface area contributed by atoms with Crippen molar-refractivity contribution in [3.05, 3.63) is 449 Å². The summed E-state index contributed by atoms with van der Waals surface area (Å²) < 4.78 is 14.6. The minimum absolute atomic E-state index is 0.528. The van der Waals surface area contributed by atoms with E-state index in [1.807, 2.05) is 72.8 Å². The molecule has 12 heteroatoms. The third-order valence-corrected chi connectivity index (χ3v) is 26.6. The average molecular weight is 1680 g/mol. The second kappa shape index (κ2) is 29.8. The van der Waals surface area contributed by atoms with Crippen LogP contribution in [0, 0.1) is 0 Å². The highest BCUT2D eigenvalue weighted by Gasteiger charge is 2.27. The van der Waals surface area contributed by atoms with Gasteiger partial charge in [0.25, 0.3) is 0 Å². The molecule has 0 amide bonds. The van der Waals surface area contributed by atoms with Gasteiger partial charge in [-0.1, -0.05) is 285 Å². The van der Waals surface area contributed by atoms with E-state index in [0.717, 1.165) is 178 Å². The van der Waals surface area contributed by atoms with Crippen LogP contribution in [0.25, 0.3) is 256 Å². The Labute approximate surface area is 756 Å². The van der Waals surface area contributed by atoms with Gasteiger partial charge in [-0.25, -0.2) is 29.9 Å². The van der Waals surface area contributed by atoms with E-state index in [9.17, 15) is 0 Å². The van der Waals surface area contributed by atoms with Gasteiger partial charge in [-0.05, 0) is 186 Å². The van der Waals surface area contributed by atoms with E-state index in [1.54, 1.807) is 0 Å². The fraction of sp³-hybridized carbons (Fsp3) is 0.